The van der Waals surface area contributed by atoms with Gasteiger partial charge in [-0.1, -0.05) is 25.9 Å². The summed E-state index contributed by atoms with van der Waals surface area (Å²) in [6.07, 6.45) is 3.29. The molecule has 1 atom stereocenters. The molecule has 1 fully saturated rings. The van der Waals surface area contributed by atoms with Gasteiger partial charge in [-0.25, -0.2) is 4.79 Å². The standard InChI is InChI=1S/C12H19NO3/c1-4-12(11(14)15-9-5-6-9)7-10(8(2)3)13-16-12/h8-9H,4-7H2,1-3H3. The summed E-state index contributed by atoms with van der Waals surface area (Å²) in [4.78, 5) is 17.4. The zero-order valence-corrected chi connectivity index (χ0v) is 10.2. The van der Waals surface area contributed by atoms with Crippen LogP contribution in [-0.4, -0.2) is 23.4 Å². The minimum absolute atomic E-state index is 0.127. The summed E-state index contributed by atoms with van der Waals surface area (Å²) in [5, 5.41) is 4.02. The molecule has 0 aromatic heterocycles. The summed E-state index contributed by atoms with van der Waals surface area (Å²) in [5.74, 6) is 0.0825. The molecule has 1 aliphatic heterocycles. The van der Waals surface area contributed by atoms with E-state index in [4.69, 9.17) is 9.57 Å². The third kappa shape index (κ3) is 2.06. The Morgan fingerprint density at radius 3 is 2.75 bits per heavy atom. The molecule has 0 saturated heterocycles. The van der Waals surface area contributed by atoms with E-state index in [0.717, 1.165) is 18.6 Å². The van der Waals surface area contributed by atoms with Crippen molar-refractivity contribution in [2.24, 2.45) is 11.1 Å². The molecule has 1 heterocycles. The van der Waals surface area contributed by atoms with Gasteiger partial charge >= 0.3 is 5.97 Å². The quantitative estimate of drug-likeness (QED) is 0.689. The van der Waals surface area contributed by atoms with Crippen molar-refractivity contribution in [2.45, 2.75) is 58.2 Å². The average molecular weight is 225 g/mol. The van der Waals surface area contributed by atoms with E-state index in [1.807, 2.05) is 6.92 Å². The molecular weight excluding hydrogens is 206 g/mol. The van der Waals surface area contributed by atoms with E-state index in [2.05, 4.69) is 19.0 Å². The molecule has 1 unspecified atom stereocenters. The highest BCUT2D eigenvalue weighted by Crippen LogP contribution is 2.34. The maximum absolute atomic E-state index is 12.0. The van der Waals surface area contributed by atoms with Crippen LogP contribution < -0.4 is 0 Å². The maximum Gasteiger partial charge on any atom is 0.354 e. The van der Waals surface area contributed by atoms with Crippen LogP contribution in [0.3, 0.4) is 0 Å². The van der Waals surface area contributed by atoms with Crippen molar-refractivity contribution in [3.8, 4) is 0 Å². The van der Waals surface area contributed by atoms with Crippen LogP contribution in [0.1, 0.15) is 46.5 Å². The zero-order valence-electron chi connectivity index (χ0n) is 10.2. The monoisotopic (exact) mass is 225 g/mol. The number of esters is 1. The van der Waals surface area contributed by atoms with Crippen LogP contribution in [0.2, 0.25) is 0 Å². The van der Waals surface area contributed by atoms with Gasteiger partial charge in [-0.2, -0.15) is 0 Å². The van der Waals surface area contributed by atoms with Crippen molar-refractivity contribution in [3.05, 3.63) is 0 Å². The van der Waals surface area contributed by atoms with Crippen molar-refractivity contribution < 1.29 is 14.4 Å². The van der Waals surface area contributed by atoms with E-state index in [-0.39, 0.29) is 12.1 Å². The SMILES string of the molecule is CCC1(C(=O)OC2CC2)CC(C(C)C)=NO1. The normalized spacial score (nSPS) is 28.9. The first-order chi connectivity index (χ1) is 7.57. The Kier molecular flexibility index (Phi) is 2.91. The number of oxime groups is 1. The van der Waals surface area contributed by atoms with Gasteiger partial charge in [0.15, 0.2) is 0 Å². The molecule has 0 spiro atoms. The molecule has 2 aliphatic rings. The number of carbonyl (C=O) groups is 1. The molecule has 0 bridgehead atoms. The minimum atomic E-state index is -0.845. The number of rotatable bonds is 4. The van der Waals surface area contributed by atoms with Crippen LogP contribution in [0.5, 0.6) is 0 Å². The number of hydrogen-bond acceptors (Lipinski definition) is 4. The van der Waals surface area contributed by atoms with Gasteiger partial charge in [0.05, 0.1) is 5.71 Å². The van der Waals surface area contributed by atoms with Gasteiger partial charge in [0.25, 0.3) is 0 Å². The molecule has 0 radical (unpaired) electrons. The van der Waals surface area contributed by atoms with Gasteiger partial charge < -0.3 is 9.57 Å². The van der Waals surface area contributed by atoms with Crippen LogP contribution in [0, 0.1) is 5.92 Å². The van der Waals surface area contributed by atoms with E-state index in [1.54, 1.807) is 0 Å². The second kappa shape index (κ2) is 4.07. The molecule has 16 heavy (non-hydrogen) atoms. The molecule has 0 aromatic rings. The van der Waals surface area contributed by atoms with E-state index in [9.17, 15) is 4.79 Å². The summed E-state index contributed by atoms with van der Waals surface area (Å²) >= 11 is 0. The largest absolute Gasteiger partial charge is 0.459 e. The van der Waals surface area contributed by atoms with Gasteiger partial charge in [0.2, 0.25) is 5.60 Å². The van der Waals surface area contributed by atoms with Gasteiger partial charge in [0, 0.05) is 6.42 Å². The van der Waals surface area contributed by atoms with E-state index >= 15 is 0 Å². The Hall–Kier alpha value is -1.06. The summed E-state index contributed by atoms with van der Waals surface area (Å²) in [6, 6.07) is 0. The molecule has 0 aromatic carbocycles. The maximum atomic E-state index is 12.0. The number of carbonyl (C=O) groups excluding carboxylic acids is 1. The van der Waals surface area contributed by atoms with Gasteiger partial charge in [0.1, 0.15) is 6.10 Å². The first kappa shape index (κ1) is 11.4. The van der Waals surface area contributed by atoms with Crippen molar-refractivity contribution >= 4 is 11.7 Å². The zero-order chi connectivity index (χ0) is 11.8. The van der Waals surface area contributed by atoms with E-state index < -0.39 is 5.60 Å². The molecule has 1 saturated carbocycles. The van der Waals surface area contributed by atoms with Crippen molar-refractivity contribution in [1.29, 1.82) is 0 Å². The summed E-state index contributed by atoms with van der Waals surface area (Å²) in [5.41, 5.74) is 0.108. The van der Waals surface area contributed by atoms with Gasteiger partial charge in [-0.05, 0) is 25.2 Å². The molecule has 4 nitrogen and oxygen atoms in total. The van der Waals surface area contributed by atoms with E-state index in [0.29, 0.717) is 18.8 Å². The first-order valence-electron chi connectivity index (χ1n) is 6.03. The molecular formula is C12H19NO3. The highest BCUT2D eigenvalue weighted by atomic mass is 16.7. The van der Waals surface area contributed by atoms with Crippen molar-refractivity contribution in [2.75, 3.05) is 0 Å². The van der Waals surface area contributed by atoms with E-state index in [1.165, 1.54) is 0 Å². The molecule has 4 heteroatoms. The second-order valence-electron chi connectivity index (χ2n) is 4.96. The first-order valence-corrected chi connectivity index (χ1v) is 6.03. The highest BCUT2D eigenvalue weighted by Gasteiger charge is 2.48. The fourth-order valence-electron chi connectivity index (χ4n) is 1.70. The molecule has 2 rings (SSSR count). The number of ether oxygens (including phenoxy) is 1. The third-order valence-electron chi connectivity index (χ3n) is 3.21. The summed E-state index contributed by atoms with van der Waals surface area (Å²) in [7, 11) is 0. The Balaban J connectivity index is 2.01. The lowest BCUT2D eigenvalue weighted by Crippen LogP contribution is -2.40. The molecule has 90 valence electrons. The van der Waals surface area contributed by atoms with Crippen LogP contribution in [0.4, 0.5) is 0 Å². The topological polar surface area (TPSA) is 47.9 Å². The van der Waals surface area contributed by atoms with Gasteiger partial charge in [-0.15, -0.1) is 0 Å². The summed E-state index contributed by atoms with van der Waals surface area (Å²) in [6.45, 7) is 6.05. The Bertz CT molecular complexity index is 320. The molecule has 0 N–H and O–H groups in total. The second-order valence-corrected chi connectivity index (χ2v) is 4.96. The van der Waals surface area contributed by atoms with Crippen LogP contribution in [0.25, 0.3) is 0 Å². The number of hydrogen-bond donors (Lipinski definition) is 0. The Morgan fingerprint density at radius 1 is 1.62 bits per heavy atom. The number of nitrogens with zero attached hydrogens (tertiary/aromatic N) is 1. The highest BCUT2D eigenvalue weighted by molar-refractivity contribution is 5.94. The van der Waals surface area contributed by atoms with Gasteiger partial charge in [-0.3, -0.25) is 0 Å². The minimum Gasteiger partial charge on any atom is -0.459 e. The third-order valence-corrected chi connectivity index (χ3v) is 3.21. The van der Waals surface area contributed by atoms with Crippen LogP contribution in [-0.2, 0) is 14.4 Å². The van der Waals surface area contributed by atoms with Crippen LogP contribution >= 0.6 is 0 Å². The van der Waals surface area contributed by atoms with Crippen molar-refractivity contribution in [3.63, 3.8) is 0 Å². The molecule has 0 amide bonds. The predicted molar refractivity (Wildman–Crippen MR) is 60.1 cm³/mol. The lowest BCUT2D eigenvalue weighted by atomic mass is 9.90. The lowest BCUT2D eigenvalue weighted by molar-refractivity contribution is -0.171. The smallest absolute Gasteiger partial charge is 0.354 e. The lowest BCUT2D eigenvalue weighted by Gasteiger charge is -2.22. The predicted octanol–water partition coefficient (Wildman–Crippen LogP) is 2.27. The molecule has 1 aliphatic carbocycles. The van der Waals surface area contributed by atoms with Crippen LogP contribution in [0.15, 0.2) is 5.16 Å². The summed E-state index contributed by atoms with van der Waals surface area (Å²) < 4.78 is 5.33. The average Bonchev–Trinajstić information content (AvgIpc) is 2.95. The Labute approximate surface area is 96.0 Å². The fourth-order valence-corrected chi connectivity index (χ4v) is 1.70. The van der Waals surface area contributed by atoms with Crippen molar-refractivity contribution in [1.82, 2.24) is 0 Å². The fraction of sp³-hybridized carbons (Fsp3) is 0.833. The Morgan fingerprint density at radius 2 is 2.31 bits per heavy atom.